The monoisotopic (exact) mass is 541 g/mol. The molecular weight excluding hydrogens is 502 g/mol. The number of anilines is 4. The summed E-state index contributed by atoms with van der Waals surface area (Å²) >= 11 is 0. The highest BCUT2D eigenvalue weighted by Crippen LogP contribution is 2.38. The van der Waals surface area contributed by atoms with Gasteiger partial charge in [-0.25, -0.2) is 9.97 Å². The summed E-state index contributed by atoms with van der Waals surface area (Å²) in [5.74, 6) is 0.716. The van der Waals surface area contributed by atoms with Gasteiger partial charge < -0.3 is 29.7 Å². The number of nitrogens with zero attached hydrogens (tertiary/aromatic N) is 5. The first-order valence-electron chi connectivity index (χ1n) is 12.9. The second kappa shape index (κ2) is 14.0. The van der Waals surface area contributed by atoms with Crippen LogP contribution in [0, 0.1) is 0 Å². The molecule has 9 nitrogen and oxygen atoms in total. The van der Waals surface area contributed by atoms with Crippen molar-refractivity contribution in [3.05, 3.63) is 80.2 Å². The quantitative estimate of drug-likeness (QED) is 0.197. The third-order valence-electron chi connectivity index (χ3n) is 6.13. The SMILES string of the molecule is C=CC.C=CC(=O)Nc1cc(Nc2nccc(-c3cn(C)c4ccccc34)n2)c(OC)cc1N(C)CCN(C)C. The average molecular weight is 542 g/mol. The van der Waals surface area contributed by atoms with Gasteiger partial charge in [0.05, 0.1) is 29.9 Å². The van der Waals surface area contributed by atoms with Crippen LogP contribution in [0.4, 0.5) is 23.0 Å². The number of ether oxygens (including phenoxy) is 1. The fraction of sp³-hybridized carbons (Fsp3) is 0.258. The Morgan fingerprint density at radius 1 is 1.10 bits per heavy atom. The van der Waals surface area contributed by atoms with Gasteiger partial charge in [0.2, 0.25) is 11.9 Å². The Hall–Kier alpha value is -4.63. The minimum absolute atomic E-state index is 0.299. The van der Waals surface area contributed by atoms with Crippen LogP contribution in [0.2, 0.25) is 0 Å². The predicted octanol–water partition coefficient (Wildman–Crippen LogP) is 5.70. The zero-order valence-electron chi connectivity index (χ0n) is 24.2. The van der Waals surface area contributed by atoms with E-state index in [1.54, 1.807) is 19.4 Å². The fourth-order valence-electron chi connectivity index (χ4n) is 4.14. The van der Waals surface area contributed by atoms with E-state index in [2.05, 4.69) is 61.5 Å². The van der Waals surface area contributed by atoms with E-state index < -0.39 is 0 Å². The summed E-state index contributed by atoms with van der Waals surface area (Å²) in [5.41, 5.74) is 5.02. The molecule has 4 aromatic rings. The minimum Gasteiger partial charge on any atom is -0.494 e. The van der Waals surface area contributed by atoms with Gasteiger partial charge in [-0.3, -0.25) is 4.79 Å². The van der Waals surface area contributed by atoms with Crippen molar-refractivity contribution in [2.75, 3.05) is 56.9 Å². The summed E-state index contributed by atoms with van der Waals surface area (Å²) in [6, 6.07) is 13.8. The van der Waals surface area contributed by atoms with Gasteiger partial charge in [-0.1, -0.05) is 30.9 Å². The first-order valence-corrected chi connectivity index (χ1v) is 12.9. The number of likely N-dealkylation sites (N-methyl/N-ethyl adjacent to an activating group) is 2. The molecular formula is C31H39N7O2. The van der Waals surface area contributed by atoms with Crippen LogP contribution in [0.25, 0.3) is 22.2 Å². The summed E-state index contributed by atoms with van der Waals surface area (Å²) in [5, 5.41) is 7.31. The molecule has 210 valence electrons. The number of aryl methyl sites for hydroxylation is 1. The lowest BCUT2D eigenvalue weighted by Crippen LogP contribution is -2.29. The molecule has 4 rings (SSSR count). The van der Waals surface area contributed by atoms with Crippen molar-refractivity contribution in [1.82, 2.24) is 19.4 Å². The van der Waals surface area contributed by atoms with Crippen LogP contribution in [-0.2, 0) is 11.8 Å². The van der Waals surface area contributed by atoms with E-state index in [9.17, 15) is 4.79 Å². The maximum Gasteiger partial charge on any atom is 0.247 e. The third kappa shape index (κ3) is 7.27. The highest BCUT2D eigenvalue weighted by Gasteiger charge is 2.17. The van der Waals surface area contributed by atoms with Crippen molar-refractivity contribution >= 4 is 39.8 Å². The first kappa shape index (κ1) is 29.9. The van der Waals surface area contributed by atoms with Crippen LogP contribution in [-0.4, -0.2) is 66.7 Å². The molecule has 0 unspecified atom stereocenters. The molecule has 9 heteroatoms. The molecule has 0 fully saturated rings. The normalized spacial score (nSPS) is 10.5. The van der Waals surface area contributed by atoms with Gasteiger partial charge in [0.15, 0.2) is 0 Å². The van der Waals surface area contributed by atoms with Gasteiger partial charge in [-0.2, -0.15) is 0 Å². The highest BCUT2D eigenvalue weighted by atomic mass is 16.5. The van der Waals surface area contributed by atoms with Crippen molar-refractivity contribution in [2.24, 2.45) is 7.05 Å². The van der Waals surface area contributed by atoms with E-state index in [-0.39, 0.29) is 5.91 Å². The number of methoxy groups -OCH3 is 1. The van der Waals surface area contributed by atoms with Gasteiger partial charge in [0.1, 0.15) is 5.75 Å². The average Bonchev–Trinajstić information content (AvgIpc) is 3.29. The number of benzene rings is 2. The summed E-state index contributed by atoms with van der Waals surface area (Å²) in [6.07, 6.45) is 6.79. The van der Waals surface area contributed by atoms with E-state index in [0.29, 0.717) is 23.1 Å². The van der Waals surface area contributed by atoms with Crippen LogP contribution < -0.4 is 20.3 Å². The molecule has 0 aliphatic carbocycles. The van der Waals surface area contributed by atoms with Crippen LogP contribution >= 0.6 is 0 Å². The van der Waals surface area contributed by atoms with Crippen LogP contribution in [0.15, 0.2) is 80.2 Å². The third-order valence-corrected chi connectivity index (χ3v) is 6.13. The maximum absolute atomic E-state index is 12.2. The van der Waals surface area contributed by atoms with Gasteiger partial charge in [-0.15, -0.1) is 6.58 Å². The molecule has 0 bridgehead atoms. The van der Waals surface area contributed by atoms with E-state index in [4.69, 9.17) is 9.72 Å². The van der Waals surface area contributed by atoms with Crippen molar-refractivity contribution in [1.29, 1.82) is 0 Å². The number of fused-ring (bicyclic) bond motifs is 1. The molecule has 0 aliphatic rings. The lowest BCUT2D eigenvalue weighted by molar-refractivity contribution is -0.111. The summed E-state index contributed by atoms with van der Waals surface area (Å²) < 4.78 is 7.79. The number of carbonyl (C=O) groups is 1. The Kier molecular flexibility index (Phi) is 10.4. The second-order valence-electron chi connectivity index (χ2n) is 9.46. The minimum atomic E-state index is -0.299. The number of amides is 1. The number of aromatic nitrogens is 3. The number of hydrogen-bond acceptors (Lipinski definition) is 7. The largest absolute Gasteiger partial charge is 0.494 e. The molecule has 2 heterocycles. The molecule has 2 aromatic heterocycles. The van der Waals surface area contributed by atoms with Crippen LogP contribution in [0.5, 0.6) is 5.75 Å². The maximum atomic E-state index is 12.2. The molecule has 2 N–H and O–H groups in total. The fourth-order valence-corrected chi connectivity index (χ4v) is 4.14. The molecule has 0 saturated heterocycles. The highest BCUT2D eigenvalue weighted by molar-refractivity contribution is 6.02. The first-order chi connectivity index (χ1) is 19.2. The van der Waals surface area contributed by atoms with E-state index in [1.807, 2.05) is 65.4 Å². The van der Waals surface area contributed by atoms with Gasteiger partial charge in [0, 0.05) is 62.1 Å². The predicted molar refractivity (Wildman–Crippen MR) is 167 cm³/mol. The molecule has 0 spiro atoms. The zero-order valence-corrected chi connectivity index (χ0v) is 24.2. The Labute approximate surface area is 236 Å². The lowest BCUT2D eigenvalue weighted by atomic mass is 10.1. The molecule has 2 aromatic carbocycles. The number of hydrogen-bond donors (Lipinski definition) is 2. The van der Waals surface area contributed by atoms with E-state index >= 15 is 0 Å². The van der Waals surface area contributed by atoms with Crippen LogP contribution in [0.1, 0.15) is 6.92 Å². The Bertz CT molecular complexity index is 1480. The van der Waals surface area contributed by atoms with Crippen molar-refractivity contribution < 1.29 is 9.53 Å². The molecule has 1 amide bonds. The summed E-state index contributed by atoms with van der Waals surface area (Å²) in [7, 11) is 9.65. The Morgan fingerprint density at radius 2 is 1.82 bits per heavy atom. The molecule has 0 radical (unpaired) electrons. The number of nitrogens with one attached hydrogen (secondary N) is 2. The second-order valence-corrected chi connectivity index (χ2v) is 9.46. The van der Waals surface area contributed by atoms with Crippen molar-refractivity contribution in [2.45, 2.75) is 6.92 Å². The van der Waals surface area contributed by atoms with Crippen molar-refractivity contribution in [3.8, 4) is 17.0 Å². The van der Waals surface area contributed by atoms with Crippen molar-refractivity contribution in [3.63, 3.8) is 0 Å². The van der Waals surface area contributed by atoms with Gasteiger partial charge in [0.25, 0.3) is 0 Å². The van der Waals surface area contributed by atoms with Gasteiger partial charge in [-0.05, 0) is 45.3 Å². The van der Waals surface area contributed by atoms with Gasteiger partial charge >= 0.3 is 0 Å². The van der Waals surface area contributed by atoms with Crippen LogP contribution in [0.3, 0.4) is 0 Å². The number of para-hydroxylation sites is 1. The number of allylic oxidation sites excluding steroid dienone is 1. The standard InChI is InChI=1S/C28H33N7O2.C3H6/c1-7-27(36)30-22-16-23(26(37-6)17-25(22)34(4)15-14-33(2)3)32-28-29-13-12-21(31-28)20-18-35(5)24-11-9-8-10-19(20)24;1-3-2/h7-13,16-18H,1,14-15H2,2-6H3,(H,30,36)(H,29,31,32);3H,1H2,2H3. The zero-order chi connectivity index (χ0) is 29.2. The summed E-state index contributed by atoms with van der Waals surface area (Å²) in [6.45, 7) is 10.4. The number of rotatable bonds is 10. The molecule has 0 saturated carbocycles. The molecule has 40 heavy (non-hydrogen) atoms. The van der Waals surface area contributed by atoms with E-state index in [1.165, 1.54) is 6.08 Å². The Balaban J connectivity index is 0.00000141. The summed E-state index contributed by atoms with van der Waals surface area (Å²) in [4.78, 5) is 25.6. The lowest BCUT2D eigenvalue weighted by Gasteiger charge is -2.26. The Morgan fingerprint density at radius 3 is 2.50 bits per heavy atom. The molecule has 0 aliphatic heterocycles. The van der Waals surface area contributed by atoms with E-state index in [0.717, 1.165) is 40.9 Å². The molecule has 0 atom stereocenters. The smallest absolute Gasteiger partial charge is 0.247 e. The number of carbonyl (C=O) groups excluding carboxylic acids is 1. The topological polar surface area (TPSA) is 87.5 Å².